The molecule has 1 aromatic heterocycles. The third kappa shape index (κ3) is 2.97. The lowest BCUT2D eigenvalue weighted by Crippen LogP contribution is -2.21. The first kappa shape index (κ1) is 14.1. The number of amides is 3. The van der Waals surface area contributed by atoms with E-state index in [1.807, 2.05) is 24.3 Å². The quantitative estimate of drug-likeness (QED) is 0.806. The highest BCUT2D eigenvalue weighted by atomic mass is 32.1. The maximum absolute atomic E-state index is 11.4. The van der Waals surface area contributed by atoms with Crippen LogP contribution in [0.5, 0.6) is 0 Å². The Morgan fingerprint density at radius 3 is 2.35 bits per heavy atom. The maximum Gasteiger partial charge on any atom is 0.317 e. The number of primary amides is 2. The van der Waals surface area contributed by atoms with Gasteiger partial charge >= 0.3 is 6.03 Å². The van der Waals surface area contributed by atoms with Crippen molar-refractivity contribution in [3.05, 3.63) is 41.5 Å². The summed E-state index contributed by atoms with van der Waals surface area (Å²) in [5.74, 6) is -0.596. The lowest BCUT2D eigenvalue weighted by molar-refractivity contribution is 0.100. The Morgan fingerprint density at radius 2 is 1.85 bits per heavy atom. The summed E-state index contributed by atoms with van der Waals surface area (Å²) in [6, 6.07) is 8.95. The fourth-order valence-electron chi connectivity index (χ4n) is 1.83. The highest BCUT2D eigenvalue weighted by molar-refractivity contribution is 7.20. The van der Waals surface area contributed by atoms with Crippen LogP contribution in [0.3, 0.4) is 0 Å². The number of aryl methyl sites for hydroxylation is 1. The summed E-state index contributed by atoms with van der Waals surface area (Å²) in [5.41, 5.74) is 12.9. The molecule has 0 atom stereocenters. The second-order valence-corrected chi connectivity index (χ2v) is 5.31. The molecular formula is C14H15N3O2S. The zero-order valence-electron chi connectivity index (χ0n) is 11.0. The number of hydrogen-bond acceptors (Lipinski definition) is 3. The first-order valence-corrected chi connectivity index (χ1v) is 6.92. The van der Waals surface area contributed by atoms with Crippen LogP contribution in [0.25, 0.3) is 10.4 Å². The van der Waals surface area contributed by atoms with Crippen LogP contribution >= 0.6 is 11.3 Å². The van der Waals surface area contributed by atoms with E-state index < -0.39 is 11.9 Å². The number of carbonyl (C=O) groups is 2. The van der Waals surface area contributed by atoms with Gasteiger partial charge in [0.15, 0.2) is 0 Å². The van der Waals surface area contributed by atoms with Gasteiger partial charge in [-0.2, -0.15) is 0 Å². The summed E-state index contributed by atoms with van der Waals surface area (Å²) >= 11 is 1.27. The first-order valence-electron chi connectivity index (χ1n) is 6.10. The average molecular weight is 289 g/mol. The van der Waals surface area contributed by atoms with Crippen LogP contribution in [-0.4, -0.2) is 11.9 Å². The van der Waals surface area contributed by atoms with Gasteiger partial charge in [-0.15, -0.1) is 11.3 Å². The monoisotopic (exact) mass is 289 g/mol. The minimum absolute atomic E-state index is 0.267. The molecule has 2 rings (SSSR count). The van der Waals surface area contributed by atoms with Crippen molar-refractivity contribution >= 4 is 28.3 Å². The van der Waals surface area contributed by atoms with Crippen LogP contribution in [0.4, 0.5) is 9.80 Å². The normalized spacial score (nSPS) is 10.2. The summed E-state index contributed by atoms with van der Waals surface area (Å²) in [4.78, 5) is 23.2. The van der Waals surface area contributed by atoms with E-state index in [4.69, 9.17) is 11.5 Å². The summed E-state index contributed by atoms with van der Waals surface area (Å²) in [6.45, 7) is 2.08. The van der Waals surface area contributed by atoms with Crippen molar-refractivity contribution in [3.63, 3.8) is 0 Å². The van der Waals surface area contributed by atoms with Crippen LogP contribution in [-0.2, 0) is 6.42 Å². The molecule has 0 aliphatic rings. The van der Waals surface area contributed by atoms with Crippen LogP contribution < -0.4 is 16.8 Å². The number of hydrogen-bond donors (Lipinski definition) is 3. The number of rotatable bonds is 4. The van der Waals surface area contributed by atoms with E-state index in [1.165, 1.54) is 16.9 Å². The zero-order chi connectivity index (χ0) is 14.7. The Hall–Kier alpha value is -2.34. The number of benzene rings is 1. The van der Waals surface area contributed by atoms with Crippen LogP contribution in [0.1, 0.15) is 22.8 Å². The van der Waals surface area contributed by atoms with Gasteiger partial charge in [-0.3, -0.25) is 10.1 Å². The molecule has 104 valence electrons. The highest BCUT2D eigenvalue weighted by Crippen LogP contribution is 2.35. The molecule has 0 aliphatic carbocycles. The molecule has 0 radical (unpaired) electrons. The van der Waals surface area contributed by atoms with Gasteiger partial charge in [0.2, 0.25) is 0 Å². The van der Waals surface area contributed by atoms with E-state index in [0.717, 1.165) is 16.9 Å². The predicted octanol–water partition coefficient (Wildman–Crippen LogP) is 2.57. The molecule has 1 heterocycles. The highest BCUT2D eigenvalue weighted by Gasteiger charge is 2.15. The van der Waals surface area contributed by atoms with E-state index >= 15 is 0 Å². The van der Waals surface area contributed by atoms with Crippen molar-refractivity contribution in [2.24, 2.45) is 11.5 Å². The molecule has 0 saturated heterocycles. The number of anilines is 1. The molecule has 0 fully saturated rings. The van der Waals surface area contributed by atoms with Crippen LogP contribution in [0.2, 0.25) is 0 Å². The Balaban J connectivity index is 2.41. The van der Waals surface area contributed by atoms with E-state index in [0.29, 0.717) is 5.00 Å². The van der Waals surface area contributed by atoms with Crippen molar-refractivity contribution in [1.29, 1.82) is 0 Å². The van der Waals surface area contributed by atoms with Crippen molar-refractivity contribution < 1.29 is 9.59 Å². The molecular weight excluding hydrogens is 274 g/mol. The third-order valence-corrected chi connectivity index (χ3v) is 3.98. The fraction of sp³-hybridized carbons (Fsp3) is 0.143. The lowest BCUT2D eigenvalue weighted by atomic mass is 10.1. The molecule has 0 bridgehead atoms. The Bertz CT molecular complexity index is 647. The Kier molecular flexibility index (Phi) is 4.05. The third-order valence-electron chi connectivity index (χ3n) is 2.88. The number of nitrogens with one attached hydrogen (secondary N) is 1. The number of carbonyl (C=O) groups excluding carboxylic acids is 2. The second kappa shape index (κ2) is 5.75. The minimum atomic E-state index is -0.720. The molecule has 20 heavy (non-hydrogen) atoms. The smallest absolute Gasteiger partial charge is 0.317 e. The molecule has 6 heteroatoms. The first-order chi connectivity index (χ1) is 9.51. The summed E-state index contributed by atoms with van der Waals surface area (Å²) in [5, 5.41) is 2.80. The SMILES string of the molecule is CCc1ccc(-c2cc(C(N)=O)c(NC(N)=O)s2)cc1. The van der Waals surface area contributed by atoms with Crippen molar-refractivity contribution in [1.82, 2.24) is 0 Å². The second-order valence-electron chi connectivity index (χ2n) is 4.26. The zero-order valence-corrected chi connectivity index (χ0v) is 11.8. The van der Waals surface area contributed by atoms with Gasteiger partial charge < -0.3 is 11.5 Å². The van der Waals surface area contributed by atoms with Crippen molar-refractivity contribution in [2.45, 2.75) is 13.3 Å². The molecule has 5 nitrogen and oxygen atoms in total. The average Bonchev–Trinajstić information content (AvgIpc) is 2.82. The molecule has 5 N–H and O–H groups in total. The molecule has 0 saturated carbocycles. The Morgan fingerprint density at radius 1 is 1.20 bits per heavy atom. The molecule has 3 amide bonds. The van der Waals surface area contributed by atoms with Gasteiger partial charge in [0.25, 0.3) is 5.91 Å². The van der Waals surface area contributed by atoms with E-state index in [1.54, 1.807) is 6.07 Å². The van der Waals surface area contributed by atoms with Gasteiger partial charge in [0.1, 0.15) is 5.00 Å². The molecule has 2 aromatic rings. The molecule has 0 unspecified atom stereocenters. The maximum atomic E-state index is 11.4. The fourth-order valence-corrected chi connectivity index (χ4v) is 2.90. The summed E-state index contributed by atoms with van der Waals surface area (Å²) < 4.78 is 0. The molecule has 0 spiro atoms. The standard InChI is InChI=1S/C14H15N3O2S/c1-2-8-3-5-9(6-4-8)11-7-10(12(15)18)13(20-11)17-14(16)19/h3-7H,2H2,1H3,(H2,15,18)(H3,16,17,19). The Labute approximate surface area is 120 Å². The largest absolute Gasteiger partial charge is 0.366 e. The predicted molar refractivity (Wildman–Crippen MR) is 80.9 cm³/mol. The van der Waals surface area contributed by atoms with E-state index in [9.17, 15) is 9.59 Å². The van der Waals surface area contributed by atoms with Gasteiger partial charge in [0.05, 0.1) is 5.56 Å². The molecule has 1 aromatic carbocycles. The van der Waals surface area contributed by atoms with Crippen LogP contribution in [0, 0.1) is 0 Å². The molecule has 0 aliphatic heterocycles. The summed E-state index contributed by atoms with van der Waals surface area (Å²) in [6.07, 6.45) is 0.964. The van der Waals surface area contributed by atoms with Crippen molar-refractivity contribution in [2.75, 3.05) is 5.32 Å². The van der Waals surface area contributed by atoms with E-state index in [2.05, 4.69) is 12.2 Å². The topological polar surface area (TPSA) is 98.2 Å². The van der Waals surface area contributed by atoms with Crippen LogP contribution in [0.15, 0.2) is 30.3 Å². The van der Waals surface area contributed by atoms with Gasteiger partial charge in [-0.1, -0.05) is 31.2 Å². The lowest BCUT2D eigenvalue weighted by Gasteiger charge is -2.00. The number of urea groups is 1. The van der Waals surface area contributed by atoms with Crippen molar-refractivity contribution in [3.8, 4) is 10.4 Å². The van der Waals surface area contributed by atoms with Gasteiger partial charge in [0, 0.05) is 4.88 Å². The van der Waals surface area contributed by atoms with E-state index in [-0.39, 0.29) is 5.56 Å². The number of nitrogens with two attached hydrogens (primary N) is 2. The van der Waals surface area contributed by atoms with Gasteiger partial charge in [-0.05, 0) is 23.6 Å². The summed E-state index contributed by atoms with van der Waals surface area (Å²) in [7, 11) is 0. The minimum Gasteiger partial charge on any atom is -0.366 e. The number of thiophene rings is 1. The van der Waals surface area contributed by atoms with Gasteiger partial charge in [-0.25, -0.2) is 4.79 Å².